The largest absolute Gasteiger partial charge is 0.358 e. The van der Waals surface area contributed by atoms with Gasteiger partial charge in [0.25, 0.3) is 5.91 Å². The molecule has 8 heteroatoms. The Morgan fingerprint density at radius 2 is 1.96 bits per heavy atom. The van der Waals surface area contributed by atoms with E-state index in [9.17, 15) is 19.2 Å². The van der Waals surface area contributed by atoms with Crippen molar-refractivity contribution >= 4 is 23.5 Å². The summed E-state index contributed by atoms with van der Waals surface area (Å²) in [6.07, 6.45) is 3.81. The first-order chi connectivity index (χ1) is 11.9. The molecule has 1 saturated heterocycles. The molecule has 0 bridgehead atoms. The fourth-order valence-corrected chi connectivity index (χ4v) is 3.38. The number of nitrogens with one attached hydrogen (secondary N) is 1. The van der Waals surface area contributed by atoms with Crippen LogP contribution in [0.15, 0.2) is 17.8 Å². The van der Waals surface area contributed by atoms with Crippen molar-refractivity contribution in [2.24, 2.45) is 5.73 Å². The number of likely N-dealkylation sites (N-methyl/N-ethyl adjacent to an activating group) is 1. The number of amides is 3. The van der Waals surface area contributed by atoms with Gasteiger partial charge in [-0.1, -0.05) is 6.92 Å². The molecule has 0 radical (unpaired) electrons. The third-order valence-corrected chi connectivity index (χ3v) is 4.56. The fourth-order valence-electron chi connectivity index (χ4n) is 3.38. The second-order valence-corrected chi connectivity index (χ2v) is 6.18. The molecule has 1 aliphatic carbocycles. The number of H-pyrrole nitrogens is 1. The van der Waals surface area contributed by atoms with Gasteiger partial charge in [0.15, 0.2) is 5.78 Å². The molecule has 2 heterocycles. The van der Waals surface area contributed by atoms with E-state index in [1.807, 2.05) is 6.92 Å². The van der Waals surface area contributed by atoms with Gasteiger partial charge in [-0.3, -0.25) is 19.3 Å². The summed E-state index contributed by atoms with van der Waals surface area (Å²) in [7, 11) is 1.46. The van der Waals surface area contributed by atoms with Gasteiger partial charge in [0.1, 0.15) is 6.04 Å². The van der Waals surface area contributed by atoms with Crippen LogP contribution in [-0.4, -0.2) is 64.5 Å². The van der Waals surface area contributed by atoms with E-state index in [2.05, 4.69) is 4.98 Å². The van der Waals surface area contributed by atoms with E-state index < -0.39 is 23.8 Å². The highest BCUT2D eigenvalue weighted by molar-refractivity contribution is 6.27. The predicted octanol–water partition coefficient (Wildman–Crippen LogP) is 0.494. The number of carbonyl (C=O) groups is 4. The summed E-state index contributed by atoms with van der Waals surface area (Å²) in [5, 5.41) is 0. The summed E-state index contributed by atoms with van der Waals surface area (Å²) >= 11 is 0. The van der Waals surface area contributed by atoms with Crippen molar-refractivity contribution in [3.05, 3.63) is 34.7 Å². The fraction of sp³-hybridized carbons (Fsp3) is 0.412. The van der Waals surface area contributed by atoms with Crippen molar-refractivity contribution in [3.8, 4) is 0 Å². The Morgan fingerprint density at radius 1 is 1.24 bits per heavy atom. The van der Waals surface area contributed by atoms with Crippen LogP contribution in [-0.2, 0) is 11.2 Å². The molecule has 1 unspecified atom stereocenters. The quantitative estimate of drug-likeness (QED) is 0.754. The van der Waals surface area contributed by atoms with E-state index in [0.717, 1.165) is 11.0 Å². The third kappa shape index (κ3) is 2.49. The number of rotatable bonds is 5. The Bertz CT molecular complexity index is 808. The number of hydrogen-bond acceptors (Lipinski definition) is 5. The Morgan fingerprint density at radius 3 is 2.60 bits per heavy atom. The lowest BCUT2D eigenvalue weighted by atomic mass is 9.87. The molecule has 1 aromatic rings. The van der Waals surface area contributed by atoms with Gasteiger partial charge in [-0.05, 0) is 31.0 Å². The zero-order chi connectivity index (χ0) is 18.3. The highest BCUT2D eigenvalue weighted by Crippen LogP contribution is 2.31. The van der Waals surface area contributed by atoms with Gasteiger partial charge in [-0.2, -0.15) is 0 Å². The molecule has 1 fully saturated rings. The summed E-state index contributed by atoms with van der Waals surface area (Å²) in [6.45, 7) is 2.46. The minimum Gasteiger partial charge on any atom is -0.358 e. The van der Waals surface area contributed by atoms with Gasteiger partial charge in [0.05, 0.1) is 11.3 Å². The van der Waals surface area contributed by atoms with Crippen LogP contribution in [0.3, 0.4) is 0 Å². The number of urea groups is 1. The number of nitrogens with zero attached hydrogens (tertiary/aromatic N) is 2. The first-order valence-corrected chi connectivity index (χ1v) is 8.21. The van der Waals surface area contributed by atoms with Crippen LogP contribution in [0.4, 0.5) is 4.79 Å². The van der Waals surface area contributed by atoms with Gasteiger partial charge in [0.2, 0.25) is 5.78 Å². The number of allylic oxidation sites excluding steroid dienone is 1. The highest BCUT2D eigenvalue weighted by Gasteiger charge is 2.48. The van der Waals surface area contributed by atoms with Crippen LogP contribution in [0.25, 0.3) is 0 Å². The molecule has 25 heavy (non-hydrogen) atoms. The van der Waals surface area contributed by atoms with Gasteiger partial charge < -0.3 is 15.6 Å². The van der Waals surface area contributed by atoms with Gasteiger partial charge >= 0.3 is 6.03 Å². The first kappa shape index (κ1) is 17.1. The number of fused-ring (bicyclic) bond motifs is 1. The molecule has 3 N–H and O–H groups in total. The predicted molar refractivity (Wildman–Crippen MR) is 89.2 cm³/mol. The number of carbonyl (C=O) groups excluding carboxylic acids is 4. The average Bonchev–Trinajstić information content (AvgIpc) is 3.08. The molecule has 0 saturated carbocycles. The third-order valence-electron chi connectivity index (χ3n) is 4.56. The summed E-state index contributed by atoms with van der Waals surface area (Å²) in [4.78, 5) is 55.5. The standard InChI is InChI=1S/C17H20N4O4/c1-3-6-21-16(24)14(20(2)17(21)25)10-7-11(22)13-12(15(10)23)9(4-5-18)8-19-13/h7-8,14,19H,3-6,18H2,1-2H3. The molecule has 1 atom stereocenters. The van der Waals surface area contributed by atoms with E-state index in [4.69, 9.17) is 5.73 Å². The van der Waals surface area contributed by atoms with Crippen LogP contribution in [0, 0.1) is 0 Å². The lowest BCUT2D eigenvalue weighted by Crippen LogP contribution is -2.38. The molecule has 2 aliphatic rings. The first-order valence-electron chi connectivity index (χ1n) is 8.21. The summed E-state index contributed by atoms with van der Waals surface area (Å²) in [5.74, 6) is -1.26. The van der Waals surface area contributed by atoms with Gasteiger partial charge in [-0.15, -0.1) is 0 Å². The normalized spacial score (nSPS) is 20.4. The zero-order valence-electron chi connectivity index (χ0n) is 14.2. The lowest BCUT2D eigenvalue weighted by molar-refractivity contribution is -0.127. The van der Waals surface area contributed by atoms with Gasteiger partial charge in [-0.25, -0.2) is 4.79 Å². The molecular weight excluding hydrogens is 324 g/mol. The molecule has 8 nitrogen and oxygen atoms in total. The van der Waals surface area contributed by atoms with Crippen LogP contribution in [0.1, 0.15) is 39.8 Å². The Labute approximate surface area is 144 Å². The smallest absolute Gasteiger partial charge is 0.327 e. The second-order valence-electron chi connectivity index (χ2n) is 6.18. The molecular formula is C17H20N4O4. The maximum Gasteiger partial charge on any atom is 0.327 e. The van der Waals surface area contributed by atoms with Crippen molar-refractivity contribution in [2.45, 2.75) is 25.8 Å². The zero-order valence-corrected chi connectivity index (χ0v) is 14.2. The summed E-state index contributed by atoms with van der Waals surface area (Å²) < 4.78 is 0. The monoisotopic (exact) mass is 344 g/mol. The van der Waals surface area contributed by atoms with E-state index in [1.165, 1.54) is 11.9 Å². The number of ketones is 2. The Kier molecular flexibility index (Phi) is 4.30. The number of nitrogens with two attached hydrogens (primary N) is 1. The van der Waals surface area contributed by atoms with Crippen molar-refractivity contribution in [3.63, 3.8) is 0 Å². The minimum atomic E-state index is -1.07. The maximum atomic E-state index is 13.0. The number of Topliss-reactive ketones (excluding diaryl/α,β-unsaturated/α-hetero) is 1. The van der Waals surface area contributed by atoms with Crippen molar-refractivity contribution in [1.82, 2.24) is 14.8 Å². The maximum absolute atomic E-state index is 13.0. The molecule has 132 valence electrons. The van der Waals surface area contributed by atoms with Gasteiger partial charge in [0, 0.05) is 25.4 Å². The average molecular weight is 344 g/mol. The molecule has 1 aromatic heterocycles. The Hall–Kier alpha value is -2.74. The number of imide groups is 1. The highest BCUT2D eigenvalue weighted by atomic mass is 16.2. The van der Waals surface area contributed by atoms with E-state index in [0.29, 0.717) is 24.9 Å². The second kappa shape index (κ2) is 6.29. The SMILES string of the molecule is CCCN1C(=O)C(C2=CC(=O)c3[nH]cc(CCN)c3C2=O)N(C)C1=O. The summed E-state index contributed by atoms with van der Waals surface area (Å²) in [5.41, 5.74) is 6.72. The Balaban J connectivity index is 2.02. The van der Waals surface area contributed by atoms with E-state index >= 15 is 0 Å². The number of aromatic nitrogens is 1. The van der Waals surface area contributed by atoms with Crippen LogP contribution in [0.2, 0.25) is 0 Å². The van der Waals surface area contributed by atoms with E-state index in [1.54, 1.807) is 6.20 Å². The van der Waals surface area contributed by atoms with Crippen molar-refractivity contribution in [2.75, 3.05) is 20.1 Å². The van der Waals surface area contributed by atoms with E-state index in [-0.39, 0.29) is 29.2 Å². The minimum absolute atomic E-state index is 0.0369. The molecule has 3 amide bonds. The summed E-state index contributed by atoms with van der Waals surface area (Å²) in [6, 6.07) is -1.52. The molecule has 0 spiro atoms. The lowest BCUT2D eigenvalue weighted by Gasteiger charge is -2.21. The number of hydrogen-bond donors (Lipinski definition) is 2. The number of aromatic amines is 1. The van der Waals surface area contributed by atoms with Crippen LogP contribution in [0.5, 0.6) is 0 Å². The molecule has 1 aliphatic heterocycles. The topological polar surface area (TPSA) is 117 Å². The van der Waals surface area contributed by atoms with Crippen molar-refractivity contribution in [1.29, 1.82) is 0 Å². The molecule has 3 rings (SSSR count). The van der Waals surface area contributed by atoms with Crippen LogP contribution >= 0.6 is 0 Å². The van der Waals surface area contributed by atoms with Crippen molar-refractivity contribution < 1.29 is 19.2 Å². The van der Waals surface area contributed by atoms with Crippen LogP contribution < -0.4 is 5.73 Å². The molecule has 0 aromatic carbocycles.